The number of anilines is 2. The summed E-state index contributed by atoms with van der Waals surface area (Å²) in [5.41, 5.74) is 4.78. The monoisotopic (exact) mass is 475 g/mol. The molecule has 2 aromatic heterocycles. The molecule has 9 nitrogen and oxygen atoms in total. The Kier molecular flexibility index (Phi) is 7.98. The molecule has 0 radical (unpaired) electrons. The Bertz CT molecular complexity index is 1280. The van der Waals surface area contributed by atoms with Crippen LogP contribution in [0.25, 0.3) is 11.3 Å². The fraction of sp³-hybridized carbons (Fsp3) is 0.391. The fourth-order valence-corrected chi connectivity index (χ4v) is 3.55. The zero-order valence-corrected chi connectivity index (χ0v) is 19.1. The lowest BCUT2D eigenvalue weighted by atomic mass is 10.2. The van der Waals surface area contributed by atoms with Crippen molar-refractivity contribution in [3.8, 4) is 11.3 Å². The van der Waals surface area contributed by atoms with Crippen molar-refractivity contribution >= 4 is 17.4 Å². The molecule has 0 saturated carbocycles. The summed E-state index contributed by atoms with van der Waals surface area (Å²) in [5.74, 6) is -1.69. The Hall–Kier alpha value is -3.76. The summed E-state index contributed by atoms with van der Waals surface area (Å²) >= 11 is 0. The zero-order valence-electron chi connectivity index (χ0n) is 19.1. The maximum absolute atomic E-state index is 14.0. The number of hydrogen-bond acceptors (Lipinski definition) is 6. The van der Waals surface area contributed by atoms with Crippen LogP contribution in [0.4, 0.5) is 20.3 Å². The number of hydrogen-bond donors (Lipinski definition) is 2. The van der Waals surface area contributed by atoms with E-state index in [1.165, 1.54) is 21.7 Å². The van der Waals surface area contributed by atoms with Crippen molar-refractivity contribution in [2.45, 2.75) is 52.5 Å². The topological polar surface area (TPSA) is 127 Å². The van der Waals surface area contributed by atoms with E-state index >= 15 is 0 Å². The minimum absolute atomic E-state index is 0.0488. The Morgan fingerprint density at radius 3 is 2.68 bits per heavy atom. The van der Waals surface area contributed by atoms with Crippen molar-refractivity contribution < 1.29 is 18.0 Å². The van der Waals surface area contributed by atoms with Gasteiger partial charge in [0, 0.05) is 32.0 Å². The fourth-order valence-electron chi connectivity index (χ4n) is 3.55. The number of nitrogens with zero attached hydrogens (tertiary/aromatic N) is 3. The number of H-pyrrole nitrogens is 1. The third-order valence-electron chi connectivity index (χ3n) is 5.27. The number of halogens is 2. The molecular formula is C23H27F2N5O4. The molecule has 2 heterocycles. The number of aryl methyl sites for hydroxylation is 1. The van der Waals surface area contributed by atoms with Crippen molar-refractivity contribution in [1.29, 1.82) is 0 Å². The molecule has 11 heteroatoms. The zero-order chi connectivity index (χ0) is 24.8. The van der Waals surface area contributed by atoms with Crippen LogP contribution < -0.4 is 21.9 Å². The molecule has 0 aliphatic carbocycles. The van der Waals surface area contributed by atoms with Gasteiger partial charge in [0.05, 0.1) is 11.8 Å². The Balaban J connectivity index is 1.81. The molecule has 0 aliphatic rings. The van der Waals surface area contributed by atoms with Gasteiger partial charge >= 0.3 is 5.69 Å². The lowest BCUT2D eigenvalue weighted by Gasteiger charge is -2.24. The number of aromatic amines is 1. The second-order valence-corrected chi connectivity index (χ2v) is 7.79. The third kappa shape index (κ3) is 5.41. The summed E-state index contributed by atoms with van der Waals surface area (Å²) < 4.78 is 33.9. The molecule has 182 valence electrons. The standard InChI is InChI=1S/C23H27F2N5O4/c1-3-5-11-30-21(26)20(22(32)28-23(30)33)29(10-4-2)19(31)9-8-18-27-13-17(34-18)15-7-6-14(24)12-16(15)25/h6-7,12-13H,3-5,8-11,26H2,1-2H3,(H,28,32,33). The summed E-state index contributed by atoms with van der Waals surface area (Å²) in [7, 11) is 0. The number of aromatic nitrogens is 3. The van der Waals surface area contributed by atoms with Crippen molar-refractivity contribution in [3.63, 3.8) is 0 Å². The maximum atomic E-state index is 14.0. The second-order valence-electron chi connectivity index (χ2n) is 7.79. The summed E-state index contributed by atoms with van der Waals surface area (Å²) in [6, 6.07) is 3.09. The van der Waals surface area contributed by atoms with Crippen LogP contribution in [0.15, 0.2) is 38.4 Å². The second kappa shape index (κ2) is 10.9. The predicted molar refractivity (Wildman–Crippen MR) is 123 cm³/mol. The number of nitrogen functional groups attached to an aromatic ring is 1. The molecule has 3 aromatic rings. The minimum atomic E-state index is -0.791. The van der Waals surface area contributed by atoms with Gasteiger partial charge in [0.1, 0.15) is 17.5 Å². The van der Waals surface area contributed by atoms with Gasteiger partial charge < -0.3 is 15.1 Å². The lowest BCUT2D eigenvalue weighted by Crippen LogP contribution is -2.41. The van der Waals surface area contributed by atoms with Gasteiger partial charge in [-0.25, -0.2) is 18.6 Å². The number of carbonyl (C=O) groups is 1. The first-order chi connectivity index (χ1) is 16.3. The van der Waals surface area contributed by atoms with E-state index in [2.05, 4.69) is 9.97 Å². The van der Waals surface area contributed by atoms with E-state index in [1.807, 2.05) is 13.8 Å². The first-order valence-corrected chi connectivity index (χ1v) is 11.1. The number of oxazole rings is 1. The normalized spacial score (nSPS) is 11.1. The molecule has 1 aromatic carbocycles. The van der Waals surface area contributed by atoms with Crippen LogP contribution in [0.5, 0.6) is 0 Å². The number of nitrogens with two attached hydrogens (primary N) is 1. The van der Waals surface area contributed by atoms with Gasteiger partial charge in [0.15, 0.2) is 17.3 Å². The largest absolute Gasteiger partial charge is 0.441 e. The highest BCUT2D eigenvalue weighted by molar-refractivity contribution is 5.95. The van der Waals surface area contributed by atoms with Gasteiger partial charge in [-0.15, -0.1) is 0 Å². The highest BCUT2D eigenvalue weighted by Crippen LogP contribution is 2.25. The molecule has 1 amide bonds. The Labute approximate surface area is 194 Å². The van der Waals surface area contributed by atoms with E-state index in [4.69, 9.17) is 10.2 Å². The van der Waals surface area contributed by atoms with E-state index in [0.29, 0.717) is 19.4 Å². The van der Waals surface area contributed by atoms with E-state index in [9.17, 15) is 23.2 Å². The van der Waals surface area contributed by atoms with Crippen molar-refractivity contribution in [2.24, 2.45) is 0 Å². The van der Waals surface area contributed by atoms with Gasteiger partial charge in [-0.1, -0.05) is 20.3 Å². The Morgan fingerprint density at radius 2 is 2.00 bits per heavy atom. The van der Waals surface area contributed by atoms with Crippen LogP contribution in [-0.2, 0) is 17.8 Å². The molecule has 0 fully saturated rings. The average molecular weight is 475 g/mol. The molecule has 0 unspecified atom stereocenters. The van der Waals surface area contributed by atoms with Gasteiger partial charge in [0.25, 0.3) is 5.56 Å². The van der Waals surface area contributed by atoms with Gasteiger partial charge in [-0.05, 0) is 25.0 Å². The average Bonchev–Trinajstić information content (AvgIpc) is 3.25. The highest BCUT2D eigenvalue weighted by atomic mass is 19.1. The minimum Gasteiger partial charge on any atom is -0.441 e. The molecule has 0 bridgehead atoms. The maximum Gasteiger partial charge on any atom is 0.330 e. The molecule has 0 spiro atoms. The molecule has 3 N–H and O–H groups in total. The van der Waals surface area contributed by atoms with Crippen molar-refractivity contribution in [3.05, 3.63) is 62.8 Å². The molecular weight excluding hydrogens is 448 g/mol. The summed E-state index contributed by atoms with van der Waals surface area (Å²) in [6.45, 7) is 4.34. The number of benzene rings is 1. The summed E-state index contributed by atoms with van der Waals surface area (Å²) in [6.07, 6.45) is 3.35. The first kappa shape index (κ1) is 24.9. The highest BCUT2D eigenvalue weighted by Gasteiger charge is 2.24. The van der Waals surface area contributed by atoms with E-state index in [-0.39, 0.29) is 48.1 Å². The van der Waals surface area contributed by atoms with Crippen LogP contribution in [0.3, 0.4) is 0 Å². The summed E-state index contributed by atoms with van der Waals surface area (Å²) in [4.78, 5) is 45.4. The predicted octanol–water partition coefficient (Wildman–Crippen LogP) is 3.23. The van der Waals surface area contributed by atoms with E-state index in [1.54, 1.807) is 0 Å². The molecule has 3 rings (SSSR count). The number of rotatable bonds is 10. The molecule has 0 atom stereocenters. The van der Waals surface area contributed by atoms with Gasteiger partial charge in [-0.3, -0.25) is 19.1 Å². The number of nitrogens with one attached hydrogen (secondary N) is 1. The van der Waals surface area contributed by atoms with Crippen molar-refractivity contribution in [2.75, 3.05) is 17.2 Å². The van der Waals surface area contributed by atoms with Crippen molar-refractivity contribution in [1.82, 2.24) is 14.5 Å². The molecule has 0 aliphatic heterocycles. The number of amides is 1. The van der Waals surface area contributed by atoms with Crippen LogP contribution in [0.2, 0.25) is 0 Å². The lowest BCUT2D eigenvalue weighted by molar-refractivity contribution is -0.118. The summed E-state index contributed by atoms with van der Waals surface area (Å²) in [5, 5.41) is 0. The first-order valence-electron chi connectivity index (χ1n) is 11.1. The molecule has 0 saturated heterocycles. The third-order valence-corrected chi connectivity index (χ3v) is 5.27. The Morgan fingerprint density at radius 1 is 1.24 bits per heavy atom. The number of carbonyl (C=O) groups excluding carboxylic acids is 1. The van der Waals surface area contributed by atoms with Gasteiger partial charge in [0.2, 0.25) is 5.91 Å². The van der Waals surface area contributed by atoms with E-state index < -0.39 is 28.8 Å². The van der Waals surface area contributed by atoms with Crippen LogP contribution in [-0.4, -0.2) is 27.0 Å². The SMILES string of the molecule is CCCCn1c(N)c(N(CCC)C(=O)CCc2ncc(-c3ccc(F)cc3F)o2)c(=O)[nH]c1=O. The van der Waals surface area contributed by atoms with Crippen LogP contribution in [0, 0.1) is 11.6 Å². The smallest absolute Gasteiger partial charge is 0.330 e. The van der Waals surface area contributed by atoms with Crippen LogP contribution >= 0.6 is 0 Å². The van der Waals surface area contributed by atoms with Gasteiger partial charge in [-0.2, -0.15) is 0 Å². The van der Waals surface area contributed by atoms with Crippen LogP contribution in [0.1, 0.15) is 45.4 Å². The number of unbranched alkanes of at least 4 members (excludes halogenated alkanes) is 1. The quantitative estimate of drug-likeness (QED) is 0.464. The van der Waals surface area contributed by atoms with E-state index in [0.717, 1.165) is 18.6 Å². The molecule has 34 heavy (non-hydrogen) atoms.